The van der Waals surface area contributed by atoms with Crippen LogP contribution in [0.2, 0.25) is 0 Å². The molecule has 102 valence electrons. The van der Waals surface area contributed by atoms with Crippen molar-refractivity contribution in [3.8, 4) is 5.75 Å². The van der Waals surface area contributed by atoms with Gasteiger partial charge in [0.05, 0.1) is 20.6 Å². The van der Waals surface area contributed by atoms with Crippen molar-refractivity contribution in [1.82, 2.24) is 0 Å². The van der Waals surface area contributed by atoms with E-state index in [1.165, 1.54) is 7.11 Å². The maximum absolute atomic E-state index is 12.1. The standard InChI is InChI=1S/C14H17NO4/c1-18-11-3-4-12-10(9-11)7-8-15(12)13(16)5-6-14(17)19-2/h3-4,9H,5-8H2,1-2H3. The highest BCUT2D eigenvalue weighted by atomic mass is 16.5. The Morgan fingerprint density at radius 2 is 2.05 bits per heavy atom. The molecule has 19 heavy (non-hydrogen) atoms. The Morgan fingerprint density at radius 3 is 2.74 bits per heavy atom. The predicted molar refractivity (Wildman–Crippen MR) is 70.3 cm³/mol. The van der Waals surface area contributed by atoms with Crippen LogP contribution in [0.1, 0.15) is 18.4 Å². The molecule has 2 rings (SSSR count). The van der Waals surface area contributed by atoms with Crippen LogP contribution in [0.15, 0.2) is 18.2 Å². The van der Waals surface area contributed by atoms with Gasteiger partial charge in [0.25, 0.3) is 0 Å². The van der Waals surface area contributed by atoms with Gasteiger partial charge in [-0.3, -0.25) is 9.59 Å². The molecule has 0 bridgehead atoms. The number of ether oxygens (including phenoxy) is 2. The van der Waals surface area contributed by atoms with E-state index in [0.29, 0.717) is 6.54 Å². The first kappa shape index (κ1) is 13.4. The van der Waals surface area contributed by atoms with E-state index in [9.17, 15) is 9.59 Å². The molecule has 1 aromatic rings. The molecule has 1 amide bonds. The summed E-state index contributed by atoms with van der Waals surface area (Å²) in [6.45, 7) is 0.655. The van der Waals surface area contributed by atoms with Crippen molar-refractivity contribution in [3.63, 3.8) is 0 Å². The second kappa shape index (κ2) is 5.73. The zero-order valence-electron chi connectivity index (χ0n) is 11.1. The number of carbonyl (C=O) groups is 2. The molecule has 5 nitrogen and oxygen atoms in total. The Bertz CT molecular complexity index is 498. The molecule has 0 spiro atoms. The summed E-state index contributed by atoms with van der Waals surface area (Å²) < 4.78 is 9.70. The number of amides is 1. The molecule has 0 aromatic heterocycles. The average molecular weight is 263 g/mol. The van der Waals surface area contributed by atoms with Gasteiger partial charge in [-0.2, -0.15) is 0 Å². The minimum atomic E-state index is -0.359. The van der Waals surface area contributed by atoms with Crippen LogP contribution < -0.4 is 9.64 Å². The number of anilines is 1. The summed E-state index contributed by atoms with van der Waals surface area (Å²) in [6.07, 6.45) is 1.12. The lowest BCUT2D eigenvalue weighted by Crippen LogP contribution is -2.29. The molecule has 1 aliphatic rings. The molecule has 1 aromatic carbocycles. The molecule has 0 fully saturated rings. The van der Waals surface area contributed by atoms with Crippen molar-refractivity contribution in [1.29, 1.82) is 0 Å². The predicted octanol–water partition coefficient (Wildman–Crippen LogP) is 1.54. The number of esters is 1. The first-order valence-corrected chi connectivity index (χ1v) is 6.20. The number of methoxy groups -OCH3 is 2. The van der Waals surface area contributed by atoms with Gasteiger partial charge in [0, 0.05) is 18.7 Å². The molecule has 0 saturated heterocycles. The fraction of sp³-hybridized carbons (Fsp3) is 0.429. The quantitative estimate of drug-likeness (QED) is 0.773. The first-order valence-electron chi connectivity index (χ1n) is 6.20. The molecule has 0 aliphatic carbocycles. The summed E-state index contributed by atoms with van der Waals surface area (Å²) in [7, 11) is 2.94. The smallest absolute Gasteiger partial charge is 0.306 e. The van der Waals surface area contributed by atoms with Crippen molar-refractivity contribution in [2.24, 2.45) is 0 Å². The Balaban J connectivity index is 2.05. The van der Waals surface area contributed by atoms with Gasteiger partial charge < -0.3 is 14.4 Å². The van der Waals surface area contributed by atoms with Gasteiger partial charge in [0.15, 0.2) is 0 Å². The van der Waals surface area contributed by atoms with Crippen LogP contribution in [0.5, 0.6) is 5.75 Å². The minimum Gasteiger partial charge on any atom is -0.497 e. The third kappa shape index (κ3) is 2.86. The van der Waals surface area contributed by atoms with Gasteiger partial charge in [-0.1, -0.05) is 0 Å². The lowest BCUT2D eigenvalue weighted by Gasteiger charge is -2.17. The lowest BCUT2D eigenvalue weighted by atomic mass is 10.1. The van der Waals surface area contributed by atoms with Crippen LogP contribution in [-0.2, 0) is 20.7 Å². The van der Waals surface area contributed by atoms with Gasteiger partial charge in [-0.15, -0.1) is 0 Å². The molecule has 1 heterocycles. The highest BCUT2D eigenvalue weighted by Gasteiger charge is 2.25. The molecule has 0 saturated carbocycles. The summed E-state index contributed by atoms with van der Waals surface area (Å²) in [5, 5.41) is 0. The average Bonchev–Trinajstić information content (AvgIpc) is 2.87. The van der Waals surface area contributed by atoms with E-state index in [-0.39, 0.29) is 24.7 Å². The second-order valence-corrected chi connectivity index (χ2v) is 4.37. The van der Waals surface area contributed by atoms with E-state index in [2.05, 4.69) is 4.74 Å². The van der Waals surface area contributed by atoms with Crippen LogP contribution in [0, 0.1) is 0 Å². The van der Waals surface area contributed by atoms with Crippen molar-refractivity contribution < 1.29 is 19.1 Å². The van der Waals surface area contributed by atoms with Crippen molar-refractivity contribution in [2.75, 3.05) is 25.7 Å². The fourth-order valence-corrected chi connectivity index (χ4v) is 2.21. The first-order chi connectivity index (χ1) is 9.15. The number of nitrogens with zero attached hydrogens (tertiary/aromatic N) is 1. The van der Waals surface area contributed by atoms with Gasteiger partial charge in [0.1, 0.15) is 5.75 Å². The number of fused-ring (bicyclic) bond motifs is 1. The van der Waals surface area contributed by atoms with Crippen molar-refractivity contribution in [3.05, 3.63) is 23.8 Å². The number of benzene rings is 1. The minimum absolute atomic E-state index is 0.0469. The Hall–Kier alpha value is -2.04. The molecule has 0 N–H and O–H groups in total. The largest absolute Gasteiger partial charge is 0.497 e. The maximum atomic E-state index is 12.1. The van der Waals surface area contributed by atoms with E-state index in [1.54, 1.807) is 12.0 Å². The molecule has 0 radical (unpaired) electrons. The zero-order valence-corrected chi connectivity index (χ0v) is 11.1. The molecule has 0 atom stereocenters. The Kier molecular flexibility index (Phi) is 4.04. The summed E-state index contributed by atoms with van der Waals surface area (Å²) in [4.78, 5) is 24.8. The Labute approximate surface area is 112 Å². The Morgan fingerprint density at radius 1 is 1.26 bits per heavy atom. The monoisotopic (exact) mass is 263 g/mol. The number of rotatable bonds is 4. The normalized spacial score (nSPS) is 13.1. The van der Waals surface area contributed by atoms with Crippen LogP contribution in [0.25, 0.3) is 0 Å². The van der Waals surface area contributed by atoms with E-state index >= 15 is 0 Å². The number of carbonyl (C=O) groups excluding carboxylic acids is 2. The molecular formula is C14H17NO4. The van der Waals surface area contributed by atoms with Gasteiger partial charge in [-0.25, -0.2) is 0 Å². The van der Waals surface area contributed by atoms with Crippen molar-refractivity contribution >= 4 is 17.6 Å². The number of hydrogen-bond donors (Lipinski definition) is 0. The van der Waals surface area contributed by atoms with Gasteiger partial charge in [0.2, 0.25) is 5.91 Å². The van der Waals surface area contributed by atoms with Crippen LogP contribution >= 0.6 is 0 Å². The van der Waals surface area contributed by atoms with Crippen LogP contribution in [-0.4, -0.2) is 32.6 Å². The summed E-state index contributed by atoms with van der Waals surface area (Å²) in [5.41, 5.74) is 2.02. The molecule has 1 aliphatic heterocycles. The summed E-state index contributed by atoms with van der Waals surface area (Å²) >= 11 is 0. The topological polar surface area (TPSA) is 55.8 Å². The number of hydrogen-bond acceptors (Lipinski definition) is 4. The van der Waals surface area contributed by atoms with E-state index < -0.39 is 0 Å². The third-order valence-corrected chi connectivity index (χ3v) is 3.25. The third-order valence-electron chi connectivity index (χ3n) is 3.25. The van der Waals surface area contributed by atoms with E-state index in [1.807, 2.05) is 18.2 Å². The zero-order chi connectivity index (χ0) is 13.8. The van der Waals surface area contributed by atoms with Crippen LogP contribution in [0.4, 0.5) is 5.69 Å². The lowest BCUT2D eigenvalue weighted by molar-refractivity contribution is -0.141. The fourth-order valence-electron chi connectivity index (χ4n) is 2.21. The van der Waals surface area contributed by atoms with E-state index in [0.717, 1.165) is 23.4 Å². The second-order valence-electron chi connectivity index (χ2n) is 4.37. The van der Waals surface area contributed by atoms with Crippen LogP contribution in [0.3, 0.4) is 0 Å². The maximum Gasteiger partial charge on any atom is 0.306 e. The van der Waals surface area contributed by atoms with Crippen molar-refractivity contribution in [2.45, 2.75) is 19.3 Å². The highest BCUT2D eigenvalue weighted by molar-refractivity contribution is 5.96. The molecular weight excluding hydrogens is 246 g/mol. The van der Waals surface area contributed by atoms with E-state index in [4.69, 9.17) is 4.74 Å². The summed E-state index contributed by atoms with van der Waals surface area (Å²) in [5.74, 6) is 0.388. The summed E-state index contributed by atoms with van der Waals surface area (Å²) in [6, 6.07) is 5.67. The SMILES string of the molecule is COC(=O)CCC(=O)N1CCc2cc(OC)ccc21. The highest BCUT2D eigenvalue weighted by Crippen LogP contribution is 2.31. The van der Waals surface area contributed by atoms with Gasteiger partial charge in [-0.05, 0) is 30.2 Å². The molecule has 5 heteroatoms. The van der Waals surface area contributed by atoms with Gasteiger partial charge >= 0.3 is 5.97 Å². The molecule has 0 unspecified atom stereocenters.